The highest BCUT2D eigenvalue weighted by Gasteiger charge is 2.19. The van der Waals surface area contributed by atoms with Gasteiger partial charge < -0.3 is 9.47 Å². The summed E-state index contributed by atoms with van der Waals surface area (Å²) in [7, 11) is 1.45. The number of ether oxygens (including phenoxy) is 2. The summed E-state index contributed by atoms with van der Waals surface area (Å²) in [6.07, 6.45) is 6.04. The van der Waals surface area contributed by atoms with Gasteiger partial charge in [-0.3, -0.25) is 23.7 Å². The molecule has 38 heavy (non-hydrogen) atoms. The highest BCUT2D eigenvalue weighted by atomic mass is 16.5. The lowest BCUT2D eigenvalue weighted by Gasteiger charge is -2.16. The number of carbonyl (C=O) groups is 1. The summed E-state index contributed by atoms with van der Waals surface area (Å²) in [4.78, 5) is 55.2. The maximum atomic E-state index is 13.0. The normalized spacial score (nSPS) is 11.4. The highest BCUT2D eigenvalue weighted by molar-refractivity contribution is 5.80. The van der Waals surface area contributed by atoms with E-state index in [1.807, 2.05) is 32.0 Å². The maximum Gasteiger partial charge on any atom is 0.332 e. The number of hydrogen-bond donors (Lipinski definition) is 0. The lowest BCUT2D eigenvalue weighted by Crippen LogP contribution is -2.40. The van der Waals surface area contributed by atoms with Crippen LogP contribution in [0, 0.1) is 5.92 Å². The van der Waals surface area contributed by atoms with Gasteiger partial charge in [-0.25, -0.2) is 19.7 Å². The Labute approximate surface area is 219 Å². The smallest absolute Gasteiger partial charge is 0.332 e. The molecule has 0 atom stereocenters. The Morgan fingerprint density at radius 3 is 2.55 bits per heavy atom. The Bertz CT molecular complexity index is 1570. The molecule has 0 spiro atoms. The monoisotopic (exact) mass is 520 g/mol. The van der Waals surface area contributed by atoms with Crippen molar-refractivity contribution < 1.29 is 14.3 Å². The van der Waals surface area contributed by atoms with Gasteiger partial charge in [0.1, 0.15) is 23.6 Å². The molecular formula is C27H32N6O5. The van der Waals surface area contributed by atoms with Crippen LogP contribution in [0.15, 0.2) is 40.2 Å². The van der Waals surface area contributed by atoms with Crippen LogP contribution < -0.4 is 16.0 Å². The quantitative estimate of drug-likeness (QED) is 0.216. The standard InChI is InChI=1S/C27H32N6O5/c1-17(2)15-33-25-24(26(35)32(4)27(33)36)30-19(9-6-5-7-14-37-18(3)34)21(31-25)16-38-22-11-8-10-20-23(22)29-13-12-28-20/h8,10-13,17H,5-7,9,14-16H2,1-4H3. The lowest BCUT2D eigenvalue weighted by molar-refractivity contribution is -0.141. The first-order valence-corrected chi connectivity index (χ1v) is 12.7. The zero-order chi connectivity index (χ0) is 27.2. The number of unbranched alkanes of at least 4 members (excludes halogenated alkanes) is 2. The van der Waals surface area contributed by atoms with Crippen molar-refractivity contribution in [2.24, 2.45) is 13.0 Å². The number of fused-ring (bicyclic) bond motifs is 2. The zero-order valence-electron chi connectivity index (χ0n) is 22.1. The summed E-state index contributed by atoms with van der Waals surface area (Å²) in [5.41, 5.74) is 2.00. The number of nitrogens with zero attached hydrogens (tertiary/aromatic N) is 6. The molecule has 3 heterocycles. The van der Waals surface area contributed by atoms with Gasteiger partial charge in [0, 0.05) is 32.9 Å². The molecular weight excluding hydrogens is 488 g/mol. The van der Waals surface area contributed by atoms with Crippen molar-refractivity contribution in [3.63, 3.8) is 0 Å². The third-order valence-electron chi connectivity index (χ3n) is 6.05. The summed E-state index contributed by atoms with van der Waals surface area (Å²) in [6, 6.07) is 5.50. The van der Waals surface area contributed by atoms with Crippen LogP contribution in [-0.4, -0.2) is 41.6 Å². The average molecular weight is 521 g/mol. The average Bonchev–Trinajstić information content (AvgIpc) is 2.90. The van der Waals surface area contributed by atoms with Crippen LogP contribution in [-0.2, 0) is 36.2 Å². The summed E-state index contributed by atoms with van der Waals surface area (Å²) in [5, 5.41) is 0. The second kappa shape index (κ2) is 11.9. The van der Waals surface area contributed by atoms with Gasteiger partial charge in [-0.1, -0.05) is 19.9 Å². The van der Waals surface area contributed by atoms with Crippen LogP contribution >= 0.6 is 0 Å². The maximum absolute atomic E-state index is 13.0. The summed E-state index contributed by atoms with van der Waals surface area (Å²) < 4.78 is 13.7. The molecule has 4 aromatic rings. The topological polar surface area (TPSA) is 131 Å². The number of rotatable bonds is 11. The molecule has 200 valence electrons. The molecule has 0 aliphatic heterocycles. The molecule has 0 unspecified atom stereocenters. The SMILES string of the molecule is CC(=O)OCCCCCc1nc2c(=O)n(C)c(=O)n(CC(C)C)c2nc1COc1cccc2nccnc12. The van der Waals surface area contributed by atoms with Gasteiger partial charge in [-0.15, -0.1) is 0 Å². The van der Waals surface area contributed by atoms with E-state index < -0.39 is 11.2 Å². The Hall–Kier alpha value is -4.15. The number of esters is 1. The van der Waals surface area contributed by atoms with Crippen molar-refractivity contribution in [2.75, 3.05) is 6.61 Å². The van der Waals surface area contributed by atoms with Crippen molar-refractivity contribution >= 4 is 28.2 Å². The van der Waals surface area contributed by atoms with Gasteiger partial charge in [-0.2, -0.15) is 0 Å². The minimum absolute atomic E-state index is 0.0759. The molecule has 0 saturated carbocycles. The van der Waals surface area contributed by atoms with Crippen molar-refractivity contribution in [3.05, 3.63) is 62.8 Å². The molecule has 0 saturated heterocycles. The van der Waals surface area contributed by atoms with Gasteiger partial charge >= 0.3 is 11.7 Å². The van der Waals surface area contributed by atoms with Crippen molar-refractivity contribution in [1.82, 2.24) is 29.1 Å². The lowest BCUT2D eigenvalue weighted by atomic mass is 10.1. The minimum atomic E-state index is -0.481. The fraction of sp³-hybridized carbons (Fsp3) is 0.444. The molecule has 0 fully saturated rings. The molecule has 0 aliphatic carbocycles. The molecule has 1 aromatic carbocycles. The van der Waals surface area contributed by atoms with Gasteiger partial charge in [-0.05, 0) is 43.7 Å². The van der Waals surface area contributed by atoms with Gasteiger partial charge in [0.15, 0.2) is 11.2 Å². The largest absolute Gasteiger partial charge is 0.485 e. The number of aryl methyl sites for hydroxylation is 1. The molecule has 11 nitrogen and oxygen atoms in total. The van der Waals surface area contributed by atoms with Crippen LogP contribution in [0.1, 0.15) is 51.4 Å². The number of carbonyl (C=O) groups excluding carboxylic acids is 1. The molecule has 0 bridgehead atoms. The fourth-order valence-electron chi connectivity index (χ4n) is 4.21. The third kappa shape index (κ3) is 6.04. The summed E-state index contributed by atoms with van der Waals surface area (Å²) in [6.45, 7) is 6.20. The van der Waals surface area contributed by atoms with E-state index >= 15 is 0 Å². The summed E-state index contributed by atoms with van der Waals surface area (Å²) in [5.74, 6) is 0.403. The van der Waals surface area contributed by atoms with Crippen LogP contribution in [0.5, 0.6) is 5.75 Å². The molecule has 3 aromatic heterocycles. The Morgan fingerprint density at radius 2 is 1.79 bits per heavy atom. The first-order chi connectivity index (χ1) is 18.3. The van der Waals surface area contributed by atoms with Gasteiger partial charge in [0.25, 0.3) is 5.56 Å². The molecule has 0 N–H and O–H groups in total. The zero-order valence-corrected chi connectivity index (χ0v) is 22.1. The first kappa shape index (κ1) is 26.9. The first-order valence-electron chi connectivity index (χ1n) is 12.7. The molecule has 0 radical (unpaired) electrons. The van der Waals surface area contributed by atoms with E-state index in [2.05, 4.69) is 9.97 Å². The van der Waals surface area contributed by atoms with Gasteiger partial charge in [0.2, 0.25) is 0 Å². The van der Waals surface area contributed by atoms with Crippen molar-refractivity contribution in [1.29, 1.82) is 0 Å². The van der Waals surface area contributed by atoms with Crippen LogP contribution in [0.25, 0.3) is 22.2 Å². The van der Waals surface area contributed by atoms with E-state index in [1.165, 1.54) is 18.5 Å². The predicted octanol–water partition coefficient (Wildman–Crippen LogP) is 2.94. The van der Waals surface area contributed by atoms with E-state index in [4.69, 9.17) is 19.4 Å². The molecule has 11 heteroatoms. The molecule has 4 rings (SSSR count). The second-order valence-electron chi connectivity index (χ2n) is 9.56. The van der Waals surface area contributed by atoms with E-state index in [9.17, 15) is 14.4 Å². The van der Waals surface area contributed by atoms with E-state index in [-0.39, 0.29) is 29.7 Å². The van der Waals surface area contributed by atoms with E-state index in [0.717, 1.165) is 23.8 Å². The fourth-order valence-corrected chi connectivity index (χ4v) is 4.21. The van der Waals surface area contributed by atoms with Crippen molar-refractivity contribution in [3.8, 4) is 5.75 Å². The number of benzene rings is 1. The van der Waals surface area contributed by atoms with Crippen LogP contribution in [0.3, 0.4) is 0 Å². The Kier molecular flexibility index (Phi) is 8.45. The van der Waals surface area contributed by atoms with E-state index in [0.29, 0.717) is 47.7 Å². The molecule has 0 amide bonds. The van der Waals surface area contributed by atoms with E-state index in [1.54, 1.807) is 12.4 Å². The second-order valence-corrected chi connectivity index (χ2v) is 9.56. The Balaban J connectivity index is 1.71. The highest BCUT2D eigenvalue weighted by Crippen LogP contribution is 2.23. The number of aromatic nitrogens is 6. The van der Waals surface area contributed by atoms with Gasteiger partial charge in [0.05, 0.1) is 17.8 Å². The Morgan fingerprint density at radius 1 is 1.00 bits per heavy atom. The predicted molar refractivity (Wildman–Crippen MR) is 142 cm³/mol. The number of para-hydroxylation sites is 1. The summed E-state index contributed by atoms with van der Waals surface area (Å²) >= 11 is 0. The van der Waals surface area contributed by atoms with Crippen molar-refractivity contribution in [2.45, 2.75) is 59.6 Å². The van der Waals surface area contributed by atoms with Crippen LogP contribution in [0.4, 0.5) is 0 Å². The molecule has 0 aliphatic rings. The third-order valence-corrected chi connectivity index (χ3v) is 6.05. The number of hydrogen-bond acceptors (Lipinski definition) is 9. The van der Waals surface area contributed by atoms with Crippen LogP contribution in [0.2, 0.25) is 0 Å². The minimum Gasteiger partial charge on any atom is -0.485 e.